The van der Waals surface area contributed by atoms with Gasteiger partial charge in [0.05, 0.1) is 19.3 Å². The van der Waals surface area contributed by atoms with E-state index in [-0.39, 0.29) is 66.0 Å². The molecule has 0 aliphatic heterocycles. The third kappa shape index (κ3) is 15.3. The molecule has 220 valence electrons. The first-order valence-electron chi connectivity index (χ1n) is 13.3. The van der Waals surface area contributed by atoms with E-state index in [4.69, 9.17) is 24.7 Å². The molecule has 0 saturated carbocycles. The van der Waals surface area contributed by atoms with Crippen LogP contribution in [0.2, 0.25) is 0 Å². The SMILES string of the molecule is C[C@@H](COC(=O)[C@@H](N)Cc1ccc(OC(=O)CC(C)(C)C)c(OC(=O)CC(C)(C)C)c1)OC(=O)CC(C)(C)C. The van der Waals surface area contributed by atoms with Crippen LogP contribution in [0.4, 0.5) is 0 Å². The second kappa shape index (κ2) is 13.9. The lowest BCUT2D eigenvalue weighted by Gasteiger charge is -2.20. The van der Waals surface area contributed by atoms with Crippen LogP contribution in [0.1, 0.15) is 94.1 Å². The highest BCUT2D eigenvalue weighted by atomic mass is 16.6. The molecule has 0 bridgehead atoms. The molecule has 9 nitrogen and oxygen atoms in total. The van der Waals surface area contributed by atoms with E-state index in [0.29, 0.717) is 5.56 Å². The van der Waals surface area contributed by atoms with Crippen molar-refractivity contribution in [3.8, 4) is 11.5 Å². The molecule has 9 heteroatoms. The average molecular weight is 550 g/mol. The summed E-state index contributed by atoms with van der Waals surface area (Å²) in [4.78, 5) is 49.4. The number of hydrogen-bond acceptors (Lipinski definition) is 9. The average Bonchev–Trinajstić information content (AvgIpc) is 2.69. The number of ether oxygens (including phenoxy) is 4. The van der Waals surface area contributed by atoms with Crippen molar-refractivity contribution in [1.82, 2.24) is 0 Å². The van der Waals surface area contributed by atoms with Gasteiger partial charge in [0.1, 0.15) is 18.8 Å². The van der Waals surface area contributed by atoms with Gasteiger partial charge in [-0.2, -0.15) is 0 Å². The summed E-state index contributed by atoms with van der Waals surface area (Å²) in [6.45, 7) is 18.8. The Kier molecular flexibility index (Phi) is 12.2. The van der Waals surface area contributed by atoms with E-state index in [1.54, 1.807) is 13.0 Å². The lowest BCUT2D eigenvalue weighted by atomic mass is 9.92. The number of hydrogen-bond donors (Lipinski definition) is 1. The van der Waals surface area contributed by atoms with Gasteiger partial charge in [-0.3, -0.25) is 19.2 Å². The van der Waals surface area contributed by atoms with Gasteiger partial charge in [-0.25, -0.2) is 0 Å². The van der Waals surface area contributed by atoms with Gasteiger partial charge in [-0.1, -0.05) is 68.4 Å². The zero-order valence-electron chi connectivity index (χ0n) is 25.3. The van der Waals surface area contributed by atoms with Crippen molar-refractivity contribution in [2.24, 2.45) is 22.0 Å². The molecule has 1 aromatic rings. The molecule has 0 aliphatic rings. The van der Waals surface area contributed by atoms with Gasteiger partial charge in [0.15, 0.2) is 11.5 Å². The van der Waals surface area contributed by atoms with Crippen molar-refractivity contribution < 1.29 is 38.1 Å². The lowest BCUT2D eigenvalue weighted by Crippen LogP contribution is -2.36. The number of benzene rings is 1. The number of esters is 4. The van der Waals surface area contributed by atoms with E-state index in [0.717, 1.165) is 0 Å². The number of carbonyl (C=O) groups excluding carboxylic acids is 4. The van der Waals surface area contributed by atoms with E-state index in [2.05, 4.69) is 0 Å². The van der Waals surface area contributed by atoms with Crippen LogP contribution in [0.25, 0.3) is 0 Å². The Morgan fingerprint density at radius 2 is 1.21 bits per heavy atom. The van der Waals surface area contributed by atoms with Gasteiger partial charge in [-0.05, 0) is 47.3 Å². The first-order valence-corrected chi connectivity index (χ1v) is 13.3. The molecule has 0 unspecified atom stereocenters. The maximum absolute atomic E-state index is 12.5. The standard InChI is InChI=1S/C30H47NO8/c1-19(37-24(32)15-28(2,3)4)18-36-27(35)21(31)13-20-11-12-22(38-25(33)16-29(5,6)7)23(14-20)39-26(34)17-30(8,9)10/h11-12,14,19,21H,13,15-18,31H2,1-10H3/t19-,21-/m0/s1. The third-order valence-corrected chi connectivity index (χ3v) is 5.03. The normalized spacial score (nSPS) is 13.7. The lowest BCUT2D eigenvalue weighted by molar-refractivity contribution is -0.160. The third-order valence-electron chi connectivity index (χ3n) is 5.03. The Balaban J connectivity index is 2.91. The highest BCUT2D eigenvalue weighted by molar-refractivity contribution is 5.78. The predicted molar refractivity (Wildman–Crippen MR) is 148 cm³/mol. The molecule has 2 N–H and O–H groups in total. The highest BCUT2D eigenvalue weighted by Crippen LogP contribution is 2.32. The predicted octanol–water partition coefficient (Wildman–Crippen LogP) is 5.15. The topological polar surface area (TPSA) is 131 Å². The maximum Gasteiger partial charge on any atom is 0.323 e. The molecule has 0 radical (unpaired) electrons. The Morgan fingerprint density at radius 3 is 1.69 bits per heavy atom. The number of rotatable bonds is 11. The zero-order chi connectivity index (χ0) is 30.2. The van der Waals surface area contributed by atoms with Gasteiger partial charge in [-0.15, -0.1) is 0 Å². The Morgan fingerprint density at radius 1 is 0.744 bits per heavy atom. The molecule has 1 aromatic carbocycles. The summed E-state index contributed by atoms with van der Waals surface area (Å²) in [5, 5.41) is 0. The van der Waals surface area contributed by atoms with Crippen molar-refractivity contribution in [1.29, 1.82) is 0 Å². The van der Waals surface area contributed by atoms with Crippen LogP contribution in [-0.2, 0) is 35.1 Å². The first-order chi connectivity index (χ1) is 17.6. The van der Waals surface area contributed by atoms with Crippen LogP contribution in [-0.4, -0.2) is 42.6 Å². The molecule has 0 saturated heterocycles. The molecule has 0 aromatic heterocycles. The van der Waals surface area contributed by atoms with Gasteiger partial charge in [0, 0.05) is 0 Å². The van der Waals surface area contributed by atoms with Crippen LogP contribution >= 0.6 is 0 Å². The minimum atomic E-state index is -1.02. The second-order valence-corrected chi connectivity index (χ2v) is 13.7. The van der Waals surface area contributed by atoms with E-state index in [9.17, 15) is 19.2 Å². The summed E-state index contributed by atoms with van der Waals surface area (Å²) in [5.74, 6) is -1.79. The molecule has 39 heavy (non-hydrogen) atoms. The fourth-order valence-electron chi connectivity index (χ4n) is 3.40. The minimum absolute atomic E-state index is 0.0731. The summed E-state index contributed by atoms with van der Waals surface area (Å²) in [7, 11) is 0. The monoisotopic (exact) mass is 549 g/mol. The van der Waals surface area contributed by atoms with Crippen LogP contribution in [0, 0.1) is 16.2 Å². The van der Waals surface area contributed by atoms with Gasteiger partial charge in [0.25, 0.3) is 0 Å². The Bertz CT molecular complexity index is 1010. The quantitative estimate of drug-likeness (QED) is 0.294. The number of nitrogens with two attached hydrogens (primary N) is 1. The summed E-state index contributed by atoms with van der Waals surface area (Å²) in [6.07, 6.45) is 0.0280. The van der Waals surface area contributed by atoms with E-state index >= 15 is 0 Å². The largest absolute Gasteiger partial charge is 0.461 e. The van der Waals surface area contributed by atoms with E-state index in [1.807, 2.05) is 62.3 Å². The summed E-state index contributed by atoms with van der Waals surface area (Å²) in [5.41, 5.74) is 5.85. The molecular weight excluding hydrogens is 502 g/mol. The fourth-order valence-corrected chi connectivity index (χ4v) is 3.40. The molecular formula is C30H47NO8. The summed E-state index contributed by atoms with van der Waals surface area (Å²) in [6, 6.07) is 3.68. The van der Waals surface area contributed by atoms with Crippen LogP contribution in [0.5, 0.6) is 11.5 Å². The van der Waals surface area contributed by atoms with Crippen LogP contribution in [0.15, 0.2) is 18.2 Å². The molecule has 0 aliphatic carbocycles. The summed E-state index contributed by atoms with van der Waals surface area (Å²) < 4.78 is 21.6. The minimum Gasteiger partial charge on any atom is -0.461 e. The first kappa shape index (κ1) is 34.1. The molecule has 2 atom stereocenters. The molecule has 0 fully saturated rings. The van der Waals surface area contributed by atoms with Crippen molar-refractivity contribution in [3.05, 3.63) is 23.8 Å². The van der Waals surface area contributed by atoms with Crippen LogP contribution in [0.3, 0.4) is 0 Å². The Hall–Kier alpha value is -2.94. The molecule has 1 rings (SSSR count). The van der Waals surface area contributed by atoms with E-state index in [1.165, 1.54) is 12.1 Å². The second-order valence-electron chi connectivity index (χ2n) is 13.7. The smallest absolute Gasteiger partial charge is 0.323 e. The van der Waals surface area contributed by atoms with Gasteiger partial charge in [0.2, 0.25) is 0 Å². The van der Waals surface area contributed by atoms with Crippen molar-refractivity contribution in [2.45, 2.75) is 107 Å². The molecule has 0 spiro atoms. The molecule has 0 heterocycles. The van der Waals surface area contributed by atoms with Crippen molar-refractivity contribution in [2.75, 3.05) is 6.61 Å². The van der Waals surface area contributed by atoms with Gasteiger partial charge < -0.3 is 24.7 Å². The van der Waals surface area contributed by atoms with E-state index < -0.39 is 30.1 Å². The molecule has 0 amide bonds. The number of carbonyl (C=O) groups is 4. The van der Waals surface area contributed by atoms with Crippen molar-refractivity contribution >= 4 is 23.9 Å². The van der Waals surface area contributed by atoms with Crippen LogP contribution < -0.4 is 15.2 Å². The van der Waals surface area contributed by atoms with Gasteiger partial charge >= 0.3 is 23.9 Å². The maximum atomic E-state index is 12.5. The highest BCUT2D eigenvalue weighted by Gasteiger charge is 2.24. The zero-order valence-corrected chi connectivity index (χ0v) is 25.3. The van der Waals surface area contributed by atoms with Crippen molar-refractivity contribution in [3.63, 3.8) is 0 Å². The summed E-state index contributed by atoms with van der Waals surface area (Å²) >= 11 is 0. The Labute approximate surface area is 233 Å². The fraction of sp³-hybridized carbons (Fsp3) is 0.667.